The third kappa shape index (κ3) is 3.77. The van der Waals surface area contributed by atoms with Gasteiger partial charge < -0.3 is 15.0 Å². The Morgan fingerprint density at radius 2 is 2.18 bits per heavy atom. The third-order valence-corrected chi connectivity index (χ3v) is 6.32. The number of halogens is 1. The maximum Gasteiger partial charge on any atom is 0.259 e. The van der Waals surface area contributed by atoms with Crippen LogP contribution in [0.15, 0.2) is 23.0 Å². The van der Waals surface area contributed by atoms with Crippen molar-refractivity contribution < 1.29 is 9.53 Å². The Morgan fingerprint density at radius 1 is 1.36 bits per heavy atom. The summed E-state index contributed by atoms with van der Waals surface area (Å²) in [4.78, 5) is 34.4. The van der Waals surface area contributed by atoms with E-state index < -0.39 is 0 Å². The lowest BCUT2D eigenvalue weighted by molar-refractivity contribution is -0.116. The molecule has 3 aromatic rings. The second-order valence-electron chi connectivity index (χ2n) is 6.80. The monoisotopic (exact) mass is 417 g/mol. The number of carbonyl (C=O) groups is 1. The Balaban J connectivity index is 1.49. The van der Waals surface area contributed by atoms with Crippen molar-refractivity contribution in [3.05, 3.63) is 49.8 Å². The number of thiophene rings is 1. The predicted molar refractivity (Wildman–Crippen MR) is 112 cm³/mol. The Bertz CT molecular complexity index is 1110. The topological polar surface area (TPSA) is 84.1 Å². The molecule has 8 heteroatoms. The molecule has 2 aromatic heterocycles. The van der Waals surface area contributed by atoms with Crippen LogP contribution in [0.3, 0.4) is 0 Å². The minimum Gasteiger partial charge on any atom is -0.495 e. The number of nitrogens with zero attached hydrogens (tertiary/aromatic N) is 1. The first-order chi connectivity index (χ1) is 13.5. The number of ether oxygens (including phenoxy) is 1. The number of amides is 1. The van der Waals surface area contributed by atoms with Gasteiger partial charge in [0.25, 0.3) is 5.56 Å². The van der Waals surface area contributed by atoms with E-state index in [1.54, 1.807) is 29.5 Å². The van der Waals surface area contributed by atoms with Crippen LogP contribution in [-0.2, 0) is 24.1 Å². The fourth-order valence-electron chi connectivity index (χ4n) is 3.55. The first kappa shape index (κ1) is 19.0. The molecule has 0 unspecified atom stereocenters. The number of hydrogen-bond acceptors (Lipinski definition) is 5. The average Bonchev–Trinajstić information content (AvgIpc) is 3.05. The Labute approximate surface area is 170 Å². The van der Waals surface area contributed by atoms with E-state index in [1.165, 1.54) is 12.0 Å². The van der Waals surface area contributed by atoms with Crippen LogP contribution in [0, 0.1) is 0 Å². The molecule has 0 spiro atoms. The number of nitrogens with one attached hydrogen (secondary N) is 2. The summed E-state index contributed by atoms with van der Waals surface area (Å²) in [6.07, 6.45) is 4.79. The van der Waals surface area contributed by atoms with Gasteiger partial charge in [0.05, 0.1) is 18.2 Å². The molecule has 0 radical (unpaired) electrons. The van der Waals surface area contributed by atoms with Crippen molar-refractivity contribution in [2.24, 2.45) is 0 Å². The Hall–Kier alpha value is -2.38. The molecule has 0 aliphatic heterocycles. The van der Waals surface area contributed by atoms with Crippen LogP contribution < -0.4 is 15.6 Å². The van der Waals surface area contributed by atoms with Gasteiger partial charge in [0.1, 0.15) is 16.4 Å². The van der Waals surface area contributed by atoms with E-state index in [1.807, 2.05) is 0 Å². The summed E-state index contributed by atoms with van der Waals surface area (Å²) in [5.41, 5.74) is 1.58. The Morgan fingerprint density at radius 3 is 3.00 bits per heavy atom. The van der Waals surface area contributed by atoms with Gasteiger partial charge in [-0.05, 0) is 49.4 Å². The van der Waals surface area contributed by atoms with E-state index in [9.17, 15) is 9.59 Å². The number of hydrogen-bond donors (Lipinski definition) is 2. The number of anilines is 1. The fourth-order valence-corrected chi connectivity index (χ4v) is 5.00. The molecule has 4 rings (SSSR count). The van der Waals surface area contributed by atoms with E-state index in [0.717, 1.165) is 41.5 Å². The number of aromatic nitrogens is 2. The minimum atomic E-state index is -0.200. The van der Waals surface area contributed by atoms with Crippen LogP contribution >= 0.6 is 22.9 Å². The number of carbonyl (C=O) groups excluding carboxylic acids is 1. The van der Waals surface area contributed by atoms with Crippen LogP contribution in [0.4, 0.5) is 5.69 Å². The van der Waals surface area contributed by atoms with E-state index in [0.29, 0.717) is 28.7 Å². The smallest absolute Gasteiger partial charge is 0.259 e. The summed E-state index contributed by atoms with van der Waals surface area (Å²) in [6.45, 7) is 0. The number of fused-ring (bicyclic) bond motifs is 3. The lowest BCUT2D eigenvalue weighted by Crippen LogP contribution is -2.16. The summed E-state index contributed by atoms with van der Waals surface area (Å²) in [6, 6.07) is 5.03. The van der Waals surface area contributed by atoms with E-state index in [-0.39, 0.29) is 17.9 Å². The van der Waals surface area contributed by atoms with Crippen molar-refractivity contribution in [3.8, 4) is 5.75 Å². The zero-order chi connectivity index (χ0) is 19.7. The standard InChI is InChI=1S/C20H20ClN3O3S/c1-27-14-7-6-11(21)10-13(14)22-17(25)9-8-16-23-19(26)18-12-4-2-3-5-15(12)28-20(18)24-16/h6-7,10H,2-5,8-9H2,1H3,(H,22,25)(H,23,24,26). The number of methoxy groups -OCH3 is 1. The predicted octanol–water partition coefficient (Wildman–Crippen LogP) is 4.10. The summed E-state index contributed by atoms with van der Waals surface area (Å²) >= 11 is 7.60. The van der Waals surface area contributed by atoms with Gasteiger partial charge in [-0.2, -0.15) is 0 Å². The normalized spacial score (nSPS) is 13.4. The van der Waals surface area contributed by atoms with Gasteiger partial charge in [0, 0.05) is 22.7 Å². The molecule has 1 aliphatic carbocycles. The molecule has 0 saturated heterocycles. The van der Waals surface area contributed by atoms with Crippen molar-refractivity contribution in [1.29, 1.82) is 0 Å². The summed E-state index contributed by atoms with van der Waals surface area (Å²) in [5, 5.41) is 4.04. The second-order valence-corrected chi connectivity index (χ2v) is 8.32. The molecular formula is C20H20ClN3O3S. The molecule has 1 amide bonds. The Kier molecular flexibility index (Phi) is 5.37. The van der Waals surface area contributed by atoms with Gasteiger partial charge in [-0.25, -0.2) is 4.98 Å². The van der Waals surface area contributed by atoms with Crippen molar-refractivity contribution in [1.82, 2.24) is 9.97 Å². The van der Waals surface area contributed by atoms with Crippen molar-refractivity contribution in [3.63, 3.8) is 0 Å². The van der Waals surface area contributed by atoms with Gasteiger partial charge in [0.2, 0.25) is 5.91 Å². The van der Waals surface area contributed by atoms with Crippen molar-refractivity contribution in [2.45, 2.75) is 38.5 Å². The first-order valence-corrected chi connectivity index (χ1v) is 10.4. The SMILES string of the molecule is COc1ccc(Cl)cc1NC(=O)CCc1nc2sc3c(c2c(=O)[nH]1)CCCC3. The molecule has 0 saturated carbocycles. The molecule has 1 aromatic carbocycles. The minimum absolute atomic E-state index is 0.101. The molecular weight excluding hydrogens is 398 g/mol. The highest BCUT2D eigenvalue weighted by atomic mass is 35.5. The average molecular weight is 418 g/mol. The fraction of sp³-hybridized carbons (Fsp3) is 0.350. The molecule has 1 aliphatic rings. The largest absolute Gasteiger partial charge is 0.495 e. The summed E-state index contributed by atoms with van der Waals surface area (Å²) < 4.78 is 5.24. The zero-order valence-electron chi connectivity index (χ0n) is 15.4. The molecule has 2 heterocycles. The first-order valence-electron chi connectivity index (χ1n) is 9.22. The second kappa shape index (κ2) is 7.93. The highest BCUT2D eigenvalue weighted by Crippen LogP contribution is 2.33. The number of aromatic amines is 1. The highest BCUT2D eigenvalue weighted by molar-refractivity contribution is 7.18. The van der Waals surface area contributed by atoms with Gasteiger partial charge in [-0.1, -0.05) is 11.6 Å². The van der Waals surface area contributed by atoms with Crippen LogP contribution in [0.25, 0.3) is 10.2 Å². The molecule has 146 valence electrons. The summed E-state index contributed by atoms with van der Waals surface area (Å²) in [5.74, 6) is 0.868. The van der Waals surface area contributed by atoms with Gasteiger partial charge in [-0.3, -0.25) is 9.59 Å². The molecule has 2 N–H and O–H groups in total. The van der Waals surface area contributed by atoms with Crippen molar-refractivity contribution in [2.75, 3.05) is 12.4 Å². The lowest BCUT2D eigenvalue weighted by Gasteiger charge is -2.10. The van der Waals surface area contributed by atoms with Gasteiger partial charge in [-0.15, -0.1) is 11.3 Å². The molecule has 0 fully saturated rings. The lowest BCUT2D eigenvalue weighted by atomic mass is 9.97. The third-order valence-electron chi connectivity index (χ3n) is 4.90. The van der Waals surface area contributed by atoms with Crippen LogP contribution in [0.2, 0.25) is 5.02 Å². The number of aryl methyl sites for hydroxylation is 3. The molecule has 0 atom stereocenters. The number of benzene rings is 1. The molecule has 0 bridgehead atoms. The number of H-pyrrole nitrogens is 1. The van der Waals surface area contributed by atoms with Crippen LogP contribution in [-0.4, -0.2) is 23.0 Å². The van der Waals surface area contributed by atoms with Crippen LogP contribution in [0.1, 0.15) is 35.5 Å². The maximum absolute atomic E-state index is 12.6. The van der Waals surface area contributed by atoms with E-state index in [4.69, 9.17) is 16.3 Å². The highest BCUT2D eigenvalue weighted by Gasteiger charge is 2.20. The maximum atomic E-state index is 12.6. The molecule has 28 heavy (non-hydrogen) atoms. The van der Waals surface area contributed by atoms with E-state index >= 15 is 0 Å². The van der Waals surface area contributed by atoms with E-state index in [2.05, 4.69) is 15.3 Å². The van der Waals surface area contributed by atoms with Crippen LogP contribution in [0.5, 0.6) is 5.75 Å². The summed E-state index contributed by atoms with van der Waals surface area (Å²) in [7, 11) is 1.53. The molecule has 6 nitrogen and oxygen atoms in total. The van der Waals surface area contributed by atoms with Gasteiger partial charge >= 0.3 is 0 Å². The van der Waals surface area contributed by atoms with Gasteiger partial charge in [0.15, 0.2) is 0 Å². The quantitative estimate of drug-likeness (QED) is 0.654. The van der Waals surface area contributed by atoms with Crippen molar-refractivity contribution >= 4 is 44.7 Å². The zero-order valence-corrected chi connectivity index (χ0v) is 17.0. The number of rotatable bonds is 5.